The number of carbonyl (C=O) groups is 4. The number of rotatable bonds is 7. The van der Waals surface area contributed by atoms with Crippen LogP contribution in [0.5, 0.6) is 0 Å². The molecule has 0 aromatic heterocycles. The molecule has 0 saturated heterocycles. The Balaban J connectivity index is 3.83. The fourth-order valence-electron chi connectivity index (χ4n) is 1.15. The third-order valence-corrected chi connectivity index (χ3v) is 2.73. The van der Waals surface area contributed by atoms with Crippen molar-refractivity contribution in [3.63, 3.8) is 0 Å². The number of thioether (sulfide) groups is 1. The fourth-order valence-corrected chi connectivity index (χ4v) is 1.65. The van der Waals surface area contributed by atoms with Crippen molar-refractivity contribution in [2.24, 2.45) is 0 Å². The maximum absolute atomic E-state index is 11.4. The van der Waals surface area contributed by atoms with Crippen LogP contribution in [0.1, 0.15) is 27.7 Å². The van der Waals surface area contributed by atoms with Crippen LogP contribution in [0.15, 0.2) is 0 Å². The summed E-state index contributed by atoms with van der Waals surface area (Å²) in [5.74, 6) is -0.368. The van der Waals surface area contributed by atoms with Gasteiger partial charge in [0.1, 0.15) is 12.1 Å². The second kappa shape index (κ2) is 10.0. The first-order valence-electron chi connectivity index (χ1n) is 6.80. The second-order valence-corrected chi connectivity index (χ2v) is 6.54. The lowest BCUT2D eigenvalue weighted by molar-refractivity contribution is -0.126. The van der Waals surface area contributed by atoms with Crippen LogP contribution in [0.2, 0.25) is 0 Å². The molecular weight excluding hydrogens is 310 g/mol. The first kappa shape index (κ1) is 20.2. The van der Waals surface area contributed by atoms with E-state index in [2.05, 4.69) is 16.0 Å². The number of hydrogen-bond donors (Lipinski definition) is 3. The van der Waals surface area contributed by atoms with Crippen molar-refractivity contribution in [1.82, 2.24) is 16.0 Å². The summed E-state index contributed by atoms with van der Waals surface area (Å²) < 4.78 is 4.95. The van der Waals surface area contributed by atoms with E-state index in [4.69, 9.17) is 4.74 Å². The van der Waals surface area contributed by atoms with Crippen LogP contribution < -0.4 is 16.0 Å². The topological polar surface area (TPSA) is 114 Å². The van der Waals surface area contributed by atoms with Crippen LogP contribution in [0, 0.1) is 0 Å². The molecule has 0 bridgehead atoms. The molecule has 8 nitrogen and oxygen atoms in total. The van der Waals surface area contributed by atoms with Gasteiger partial charge in [-0.05, 0) is 26.5 Å². The number of ether oxygens (including phenoxy) is 1. The molecule has 3 amide bonds. The molecule has 22 heavy (non-hydrogen) atoms. The molecule has 126 valence electrons. The van der Waals surface area contributed by atoms with Crippen molar-refractivity contribution in [3.05, 3.63) is 0 Å². The van der Waals surface area contributed by atoms with E-state index in [1.165, 1.54) is 0 Å². The van der Waals surface area contributed by atoms with E-state index >= 15 is 0 Å². The molecule has 0 radical (unpaired) electrons. The number of nitrogens with one attached hydrogen (secondary N) is 3. The summed E-state index contributed by atoms with van der Waals surface area (Å²) in [7, 11) is 0. The molecule has 0 spiro atoms. The van der Waals surface area contributed by atoms with Crippen molar-refractivity contribution >= 4 is 34.8 Å². The molecule has 0 aromatic rings. The largest absolute Gasteiger partial charge is 0.444 e. The molecule has 0 atom stereocenters. The quantitative estimate of drug-likeness (QED) is 0.605. The van der Waals surface area contributed by atoms with Gasteiger partial charge in [-0.25, -0.2) is 4.79 Å². The van der Waals surface area contributed by atoms with Crippen molar-refractivity contribution in [2.45, 2.75) is 33.3 Å². The van der Waals surface area contributed by atoms with E-state index in [-0.39, 0.29) is 24.7 Å². The molecule has 0 unspecified atom stereocenters. The van der Waals surface area contributed by atoms with E-state index in [9.17, 15) is 19.2 Å². The fraction of sp³-hybridized carbons (Fsp3) is 0.692. The minimum atomic E-state index is -0.714. The van der Waals surface area contributed by atoms with Gasteiger partial charge in [0.15, 0.2) is 0 Å². The monoisotopic (exact) mass is 333 g/mol. The molecular formula is C13H23N3O5S. The highest BCUT2D eigenvalue weighted by molar-refractivity contribution is 8.13. The van der Waals surface area contributed by atoms with Gasteiger partial charge < -0.3 is 20.7 Å². The lowest BCUT2D eigenvalue weighted by Crippen LogP contribution is -2.43. The molecule has 0 fully saturated rings. The number of alkyl carbamates (subject to hydrolysis) is 1. The Morgan fingerprint density at radius 1 is 0.909 bits per heavy atom. The highest BCUT2D eigenvalue weighted by Gasteiger charge is 2.16. The van der Waals surface area contributed by atoms with Crippen LogP contribution in [-0.4, -0.2) is 54.0 Å². The van der Waals surface area contributed by atoms with E-state index in [0.29, 0.717) is 5.75 Å². The Morgan fingerprint density at radius 2 is 1.41 bits per heavy atom. The maximum Gasteiger partial charge on any atom is 0.408 e. The van der Waals surface area contributed by atoms with Crippen molar-refractivity contribution in [3.8, 4) is 0 Å². The van der Waals surface area contributed by atoms with Gasteiger partial charge in [-0.3, -0.25) is 14.4 Å². The van der Waals surface area contributed by atoms with Gasteiger partial charge in [0.2, 0.25) is 16.9 Å². The van der Waals surface area contributed by atoms with Crippen LogP contribution in [0.4, 0.5) is 4.79 Å². The highest BCUT2D eigenvalue weighted by Crippen LogP contribution is 2.05. The molecule has 3 N–H and O–H groups in total. The molecule has 0 aliphatic rings. The molecule has 0 aromatic carbocycles. The van der Waals surface area contributed by atoms with Gasteiger partial charge in [-0.2, -0.15) is 0 Å². The summed E-state index contributed by atoms with van der Waals surface area (Å²) in [6.45, 7) is 6.30. The Kier molecular flexibility index (Phi) is 9.23. The van der Waals surface area contributed by atoms with Gasteiger partial charge in [0.25, 0.3) is 0 Å². The van der Waals surface area contributed by atoms with Crippen molar-refractivity contribution in [2.75, 3.05) is 25.4 Å². The standard InChI is InChI=1S/C13H23N3O5S/c1-5-22-11(19)8-15-9(17)6-14-10(18)7-16-12(20)21-13(2,3)4/h5-8H2,1-4H3,(H,14,18)(H,15,17)(H,16,20). The summed E-state index contributed by atoms with van der Waals surface area (Å²) in [5.41, 5.74) is -0.649. The summed E-state index contributed by atoms with van der Waals surface area (Å²) >= 11 is 1.11. The van der Waals surface area contributed by atoms with Gasteiger partial charge in [0, 0.05) is 0 Å². The highest BCUT2D eigenvalue weighted by atomic mass is 32.2. The first-order chi connectivity index (χ1) is 10.1. The second-order valence-electron chi connectivity index (χ2n) is 5.21. The summed E-state index contributed by atoms with van der Waals surface area (Å²) in [6.07, 6.45) is -0.714. The Morgan fingerprint density at radius 3 is 1.91 bits per heavy atom. The first-order valence-corrected chi connectivity index (χ1v) is 7.78. The van der Waals surface area contributed by atoms with Crippen LogP contribution in [0.3, 0.4) is 0 Å². The number of carbonyl (C=O) groups excluding carboxylic acids is 4. The zero-order valence-corrected chi connectivity index (χ0v) is 14.1. The summed E-state index contributed by atoms with van der Waals surface area (Å²) in [6, 6.07) is 0. The minimum absolute atomic E-state index is 0.0800. The lowest BCUT2D eigenvalue weighted by atomic mass is 10.2. The van der Waals surface area contributed by atoms with E-state index < -0.39 is 23.5 Å². The normalized spacial score (nSPS) is 10.5. The zero-order chi connectivity index (χ0) is 17.2. The molecule has 0 heterocycles. The van der Waals surface area contributed by atoms with E-state index in [1.54, 1.807) is 20.8 Å². The predicted molar refractivity (Wildman–Crippen MR) is 83.4 cm³/mol. The van der Waals surface area contributed by atoms with Crippen LogP contribution in [0.25, 0.3) is 0 Å². The lowest BCUT2D eigenvalue weighted by Gasteiger charge is -2.19. The Hall–Kier alpha value is -1.77. The zero-order valence-electron chi connectivity index (χ0n) is 13.3. The number of amides is 3. The predicted octanol–water partition coefficient (Wildman–Crippen LogP) is 0.0232. The van der Waals surface area contributed by atoms with Crippen LogP contribution >= 0.6 is 11.8 Å². The molecule has 9 heteroatoms. The SMILES string of the molecule is CCSC(=O)CNC(=O)CNC(=O)CNC(=O)OC(C)(C)C. The summed E-state index contributed by atoms with van der Waals surface area (Å²) in [4.78, 5) is 45.3. The van der Waals surface area contributed by atoms with Gasteiger partial charge >= 0.3 is 6.09 Å². The van der Waals surface area contributed by atoms with Gasteiger partial charge in [-0.1, -0.05) is 18.7 Å². The van der Waals surface area contributed by atoms with Crippen molar-refractivity contribution < 1.29 is 23.9 Å². The molecule has 0 aliphatic carbocycles. The van der Waals surface area contributed by atoms with Gasteiger partial charge in [-0.15, -0.1) is 0 Å². The maximum atomic E-state index is 11.4. The molecule has 0 aliphatic heterocycles. The summed E-state index contributed by atoms with van der Waals surface area (Å²) in [5, 5.41) is 6.82. The Bertz CT molecular complexity index is 420. The third-order valence-electron chi connectivity index (χ3n) is 1.97. The average Bonchev–Trinajstić information content (AvgIpc) is 2.39. The van der Waals surface area contributed by atoms with Crippen LogP contribution in [-0.2, 0) is 19.1 Å². The smallest absolute Gasteiger partial charge is 0.408 e. The average molecular weight is 333 g/mol. The molecule has 0 saturated carbocycles. The van der Waals surface area contributed by atoms with Crippen molar-refractivity contribution in [1.29, 1.82) is 0 Å². The molecule has 0 rings (SSSR count). The van der Waals surface area contributed by atoms with E-state index in [0.717, 1.165) is 11.8 Å². The third kappa shape index (κ3) is 12.0. The number of hydrogen-bond acceptors (Lipinski definition) is 6. The van der Waals surface area contributed by atoms with E-state index in [1.807, 2.05) is 6.92 Å². The van der Waals surface area contributed by atoms with Gasteiger partial charge in [0.05, 0.1) is 13.1 Å². The minimum Gasteiger partial charge on any atom is -0.444 e. The Labute approximate surface area is 134 Å².